The summed E-state index contributed by atoms with van der Waals surface area (Å²) in [6.07, 6.45) is 0. The number of hydrogen-bond donors (Lipinski definition) is 2. The molecule has 2 nitrogen and oxygen atoms in total. The van der Waals surface area contributed by atoms with E-state index in [0.717, 1.165) is 16.6 Å². The molecule has 0 spiro atoms. The smallest absolute Gasteiger partial charge is 0.143 e. The summed E-state index contributed by atoms with van der Waals surface area (Å²) in [4.78, 5) is 0. The van der Waals surface area contributed by atoms with Crippen LogP contribution in [0.4, 0.5) is 0 Å². The first-order valence-electron chi connectivity index (χ1n) is 6.13. The van der Waals surface area contributed by atoms with Crippen molar-refractivity contribution in [2.75, 3.05) is 0 Å². The number of phenols is 1. The van der Waals surface area contributed by atoms with Crippen LogP contribution in [0.1, 0.15) is 24.1 Å². The van der Waals surface area contributed by atoms with Crippen molar-refractivity contribution in [3.63, 3.8) is 0 Å². The highest BCUT2D eigenvalue weighted by Gasteiger charge is 2.10. The maximum absolute atomic E-state index is 9.70. The molecule has 0 amide bonds. The zero-order valence-electron chi connectivity index (χ0n) is 10.8. The Morgan fingerprint density at radius 3 is 2.25 bits per heavy atom. The number of hydrogen-bond acceptors (Lipinski definition) is 2. The number of benzene rings is 2. The van der Waals surface area contributed by atoms with Gasteiger partial charge in [-0.3, -0.25) is 0 Å². The van der Waals surface area contributed by atoms with Crippen LogP contribution < -0.4 is 5.32 Å². The van der Waals surface area contributed by atoms with E-state index in [1.807, 2.05) is 30.3 Å². The van der Waals surface area contributed by atoms with Gasteiger partial charge in [-0.15, -0.1) is 0 Å². The van der Waals surface area contributed by atoms with Crippen molar-refractivity contribution in [3.05, 3.63) is 60.9 Å². The lowest BCUT2D eigenvalue weighted by molar-refractivity contribution is 0.467. The topological polar surface area (TPSA) is 32.3 Å². The molecule has 0 saturated heterocycles. The molecule has 106 valence electrons. The fourth-order valence-electron chi connectivity index (χ4n) is 1.93. The Morgan fingerprint density at radius 2 is 1.65 bits per heavy atom. The van der Waals surface area contributed by atoms with E-state index in [-0.39, 0.29) is 11.8 Å². The molecule has 2 N–H and O–H groups in total. The first-order chi connectivity index (χ1) is 9.49. The summed E-state index contributed by atoms with van der Waals surface area (Å²) in [5, 5.41) is 13.2. The van der Waals surface area contributed by atoms with E-state index < -0.39 is 0 Å². The minimum absolute atomic E-state index is 0.229. The van der Waals surface area contributed by atoms with Gasteiger partial charge < -0.3 is 10.4 Å². The minimum atomic E-state index is 0.229. The molecule has 2 aromatic carbocycles. The second-order valence-electron chi connectivity index (χ2n) is 4.53. The van der Waals surface area contributed by atoms with Gasteiger partial charge in [0.15, 0.2) is 0 Å². The van der Waals surface area contributed by atoms with Crippen LogP contribution in [0.25, 0.3) is 0 Å². The van der Waals surface area contributed by atoms with Crippen molar-refractivity contribution in [2.24, 2.45) is 0 Å². The lowest BCUT2D eigenvalue weighted by Crippen LogP contribution is -2.18. The predicted molar refractivity (Wildman–Crippen MR) is 92.9 cm³/mol. The molecule has 0 aliphatic heterocycles. The summed E-state index contributed by atoms with van der Waals surface area (Å²) in [5.74, 6) is 0.229. The largest absolute Gasteiger partial charge is 0.506 e. The molecular formula is C15H14Br3NO. The molecule has 2 aromatic rings. The van der Waals surface area contributed by atoms with Crippen LogP contribution in [-0.2, 0) is 6.54 Å². The number of halogens is 3. The van der Waals surface area contributed by atoms with Gasteiger partial charge in [-0.25, -0.2) is 0 Å². The molecule has 0 saturated carbocycles. The SMILES string of the molecule is C[C@H](NCc1cc(Br)c(O)c(Br)c1)c1ccccc1Br. The highest BCUT2D eigenvalue weighted by molar-refractivity contribution is 9.11. The van der Waals surface area contributed by atoms with E-state index in [1.165, 1.54) is 5.56 Å². The van der Waals surface area contributed by atoms with Crippen LogP contribution in [-0.4, -0.2) is 5.11 Å². The van der Waals surface area contributed by atoms with Crippen LogP contribution in [0.5, 0.6) is 5.75 Å². The summed E-state index contributed by atoms with van der Waals surface area (Å²) in [6, 6.07) is 12.3. The highest BCUT2D eigenvalue weighted by atomic mass is 79.9. The average molecular weight is 464 g/mol. The monoisotopic (exact) mass is 461 g/mol. The number of phenolic OH excluding ortho intramolecular Hbond substituents is 1. The Kier molecular flexibility index (Phi) is 5.66. The molecule has 0 heterocycles. The summed E-state index contributed by atoms with van der Waals surface area (Å²) in [7, 11) is 0. The van der Waals surface area contributed by atoms with E-state index in [9.17, 15) is 5.11 Å². The first-order valence-corrected chi connectivity index (χ1v) is 8.51. The molecule has 0 radical (unpaired) electrons. The van der Waals surface area contributed by atoms with Gasteiger partial charge in [0.05, 0.1) is 8.95 Å². The summed E-state index contributed by atoms with van der Waals surface area (Å²) in [6.45, 7) is 2.85. The Balaban J connectivity index is 2.07. The standard InChI is InChI=1S/C15H14Br3NO/c1-9(11-4-2-3-5-12(11)16)19-8-10-6-13(17)15(20)14(18)7-10/h2-7,9,19-20H,8H2,1H3/t9-/m0/s1. The van der Waals surface area contributed by atoms with Crippen molar-refractivity contribution < 1.29 is 5.11 Å². The number of nitrogens with one attached hydrogen (secondary N) is 1. The quantitative estimate of drug-likeness (QED) is 0.624. The van der Waals surface area contributed by atoms with Crippen molar-refractivity contribution >= 4 is 47.8 Å². The van der Waals surface area contributed by atoms with Gasteiger partial charge in [-0.1, -0.05) is 34.1 Å². The Hall–Kier alpha value is -0.360. The van der Waals surface area contributed by atoms with Gasteiger partial charge in [0.1, 0.15) is 5.75 Å². The number of rotatable bonds is 4. The second kappa shape index (κ2) is 7.07. The zero-order valence-corrected chi connectivity index (χ0v) is 15.6. The molecule has 0 unspecified atom stereocenters. The third-order valence-electron chi connectivity index (χ3n) is 3.06. The van der Waals surface area contributed by atoms with Crippen LogP contribution in [0.15, 0.2) is 49.8 Å². The first kappa shape index (κ1) is 16.0. The fourth-order valence-corrected chi connectivity index (χ4v) is 3.84. The van der Waals surface area contributed by atoms with Crippen molar-refractivity contribution in [1.82, 2.24) is 5.32 Å². The van der Waals surface area contributed by atoms with Crippen LogP contribution >= 0.6 is 47.8 Å². The van der Waals surface area contributed by atoms with Gasteiger partial charge in [0.2, 0.25) is 0 Å². The molecule has 0 bridgehead atoms. The van der Waals surface area contributed by atoms with E-state index in [2.05, 4.69) is 66.1 Å². The van der Waals surface area contributed by atoms with E-state index in [0.29, 0.717) is 8.95 Å². The molecule has 0 aliphatic carbocycles. The average Bonchev–Trinajstić information content (AvgIpc) is 2.42. The normalized spacial score (nSPS) is 12.4. The van der Waals surface area contributed by atoms with Gasteiger partial charge in [-0.2, -0.15) is 0 Å². The number of aromatic hydroxyl groups is 1. The summed E-state index contributed by atoms with van der Waals surface area (Å²) < 4.78 is 2.49. The van der Waals surface area contributed by atoms with E-state index >= 15 is 0 Å². The molecule has 1 atom stereocenters. The second-order valence-corrected chi connectivity index (χ2v) is 7.10. The fraction of sp³-hybridized carbons (Fsp3) is 0.200. The molecule has 0 fully saturated rings. The molecule has 2 rings (SSSR count). The van der Waals surface area contributed by atoms with Crippen LogP contribution in [0, 0.1) is 0 Å². The summed E-state index contributed by atoms with van der Waals surface area (Å²) >= 11 is 10.3. The van der Waals surface area contributed by atoms with E-state index in [1.54, 1.807) is 0 Å². The van der Waals surface area contributed by atoms with Gasteiger partial charge in [-0.05, 0) is 68.1 Å². The maximum Gasteiger partial charge on any atom is 0.143 e. The lowest BCUT2D eigenvalue weighted by Gasteiger charge is -2.16. The zero-order chi connectivity index (χ0) is 14.7. The van der Waals surface area contributed by atoms with Crippen molar-refractivity contribution in [1.29, 1.82) is 0 Å². The van der Waals surface area contributed by atoms with Crippen molar-refractivity contribution in [2.45, 2.75) is 19.5 Å². The molecule has 0 aliphatic rings. The Bertz CT molecular complexity index is 593. The Labute approximate surface area is 144 Å². The third kappa shape index (κ3) is 3.85. The van der Waals surface area contributed by atoms with Crippen molar-refractivity contribution in [3.8, 4) is 5.75 Å². The summed E-state index contributed by atoms with van der Waals surface area (Å²) in [5.41, 5.74) is 2.32. The lowest BCUT2D eigenvalue weighted by atomic mass is 10.1. The van der Waals surface area contributed by atoms with Gasteiger partial charge in [0.25, 0.3) is 0 Å². The molecule has 0 aromatic heterocycles. The van der Waals surface area contributed by atoms with E-state index in [4.69, 9.17) is 0 Å². The highest BCUT2D eigenvalue weighted by Crippen LogP contribution is 2.33. The van der Waals surface area contributed by atoms with Gasteiger partial charge in [0, 0.05) is 17.1 Å². The predicted octanol–water partition coefficient (Wildman–Crippen LogP) is 5.53. The molecule has 20 heavy (non-hydrogen) atoms. The van der Waals surface area contributed by atoms with Crippen LogP contribution in [0.3, 0.4) is 0 Å². The third-order valence-corrected chi connectivity index (χ3v) is 4.99. The maximum atomic E-state index is 9.70. The van der Waals surface area contributed by atoms with Gasteiger partial charge >= 0.3 is 0 Å². The molecule has 5 heteroatoms. The molecular weight excluding hydrogens is 450 g/mol. The Morgan fingerprint density at radius 1 is 1.05 bits per heavy atom. The minimum Gasteiger partial charge on any atom is -0.506 e. The van der Waals surface area contributed by atoms with Crippen LogP contribution in [0.2, 0.25) is 0 Å².